The topological polar surface area (TPSA) is 40.5 Å². The molecule has 1 unspecified atom stereocenters. The van der Waals surface area contributed by atoms with Crippen molar-refractivity contribution in [3.8, 4) is 0 Å². The highest BCUT2D eigenvalue weighted by atomic mass is 16.3. The van der Waals surface area contributed by atoms with Crippen LogP contribution in [0.25, 0.3) is 0 Å². The molecule has 0 aromatic heterocycles. The van der Waals surface area contributed by atoms with Crippen LogP contribution in [0.15, 0.2) is 12.2 Å². The molecular formula is C7H14O2. The van der Waals surface area contributed by atoms with E-state index in [-0.39, 0.29) is 6.61 Å². The molecule has 1 atom stereocenters. The highest BCUT2D eigenvalue weighted by Crippen LogP contribution is 2.08. The molecule has 0 bridgehead atoms. The van der Waals surface area contributed by atoms with Gasteiger partial charge in [0.25, 0.3) is 0 Å². The number of aliphatic hydroxyl groups is 2. The van der Waals surface area contributed by atoms with Crippen LogP contribution in [0.3, 0.4) is 0 Å². The average molecular weight is 130 g/mol. The molecule has 0 rings (SSSR count). The first kappa shape index (κ1) is 8.66. The van der Waals surface area contributed by atoms with Gasteiger partial charge in [-0.25, -0.2) is 0 Å². The summed E-state index contributed by atoms with van der Waals surface area (Å²) >= 11 is 0. The summed E-state index contributed by atoms with van der Waals surface area (Å²) in [6.07, 6.45) is 3.82. The third-order valence-electron chi connectivity index (χ3n) is 1.30. The lowest BCUT2D eigenvalue weighted by atomic mass is 10.0. The maximum Gasteiger partial charge on any atom is 0.0797 e. The Labute approximate surface area is 55.8 Å². The Balaban J connectivity index is 3.70. The second kappa shape index (κ2) is 3.64. The van der Waals surface area contributed by atoms with Crippen molar-refractivity contribution in [3.63, 3.8) is 0 Å². The van der Waals surface area contributed by atoms with E-state index in [1.54, 1.807) is 19.1 Å². The Kier molecular flexibility index (Phi) is 3.50. The van der Waals surface area contributed by atoms with Crippen LogP contribution >= 0.6 is 0 Å². The molecule has 2 N–H and O–H groups in total. The van der Waals surface area contributed by atoms with Crippen molar-refractivity contribution < 1.29 is 10.2 Å². The first-order valence-corrected chi connectivity index (χ1v) is 3.13. The third-order valence-corrected chi connectivity index (χ3v) is 1.30. The predicted molar refractivity (Wildman–Crippen MR) is 37.1 cm³/mol. The average Bonchev–Trinajstić information content (AvgIpc) is 1.84. The maximum absolute atomic E-state index is 9.26. The van der Waals surface area contributed by atoms with Gasteiger partial charge in [0.05, 0.1) is 12.2 Å². The second-order valence-corrected chi connectivity index (χ2v) is 2.30. The van der Waals surface area contributed by atoms with E-state index in [1.807, 2.05) is 6.92 Å². The van der Waals surface area contributed by atoms with Crippen molar-refractivity contribution in [2.75, 3.05) is 6.61 Å². The molecule has 0 saturated heterocycles. The van der Waals surface area contributed by atoms with Crippen LogP contribution < -0.4 is 0 Å². The molecular weight excluding hydrogens is 116 g/mol. The SMILES string of the molecule is CCC(C)(O)/C=C/CO. The molecule has 9 heavy (non-hydrogen) atoms. The standard InChI is InChI=1S/C7H14O2/c1-3-7(2,9)5-4-6-8/h4-5,8-9H,3,6H2,1-2H3/b5-4+. The normalized spacial score (nSPS) is 18.2. The van der Waals surface area contributed by atoms with E-state index in [1.165, 1.54) is 0 Å². The minimum absolute atomic E-state index is 0.00382. The predicted octanol–water partition coefficient (Wildman–Crippen LogP) is 0.696. The second-order valence-electron chi connectivity index (χ2n) is 2.30. The Morgan fingerprint density at radius 3 is 2.44 bits per heavy atom. The monoisotopic (exact) mass is 130 g/mol. The summed E-state index contributed by atoms with van der Waals surface area (Å²) in [5.74, 6) is 0. The van der Waals surface area contributed by atoms with Gasteiger partial charge >= 0.3 is 0 Å². The lowest BCUT2D eigenvalue weighted by Gasteiger charge is -2.14. The molecule has 2 nitrogen and oxygen atoms in total. The van der Waals surface area contributed by atoms with Crippen LogP contribution in [-0.2, 0) is 0 Å². The van der Waals surface area contributed by atoms with Crippen LogP contribution in [0.5, 0.6) is 0 Å². The Hall–Kier alpha value is -0.340. The van der Waals surface area contributed by atoms with Gasteiger partial charge in [0.15, 0.2) is 0 Å². The van der Waals surface area contributed by atoms with Crippen LogP contribution in [0.2, 0.25) is 0 Å². The summed E-state index contributed by atoms with van der Waals surface area (Å²) in [4.78, 5) is 0. The number of hydrogen-bond donors (Lipinski definition) is 2. The molecule has 0 amide bonds. The van der Waals surface area contributed by atoms with Crippen molar-refractivity contribution >= 4 is 0 Å². The molecule has 0 heterocycles. The Bertz CT molecular complexity index is 95.1. The molecule has 0 aromatic rings. The van der Waals surface area contributed by atoms with Crippen LogP contribution in [0.1, 0.15) is 20.3 Å². The van der Waals surface area contributed by atoms with E-state index in [0.29, 0.717) is 6.42 Å². The summed E-state index contributed by atoms with van der Waals surface area (Å²) in [6, 6.07) is 0. The van der Waals surface area contributed by atoms with E-state index in [0.717, 1.165) is 0 Å². The summed E-state index contributed by atoms with van der Waals surface area (Å²) in [6.45, 7) is 3.59. The van der Waals surface area contributed by atoms with E-state index >= 15 is 0 Å². The van der Waals surface area contributed by atoms with Gasteiger partial charge < -0.3 is 10.2 Å². The number of rotatable bonds is 3. The fourth-order valence-electron chi connectivity index (χ4n) is 0.424. The van der Waals surface area contributed by atoms with E-state index in [9.17, 15) is 5.11 Å². The molecule has 0 aliphatic heterocycles. The summed E-state index contributed by atoms with van der Waals surface area (Å²) < 4.78 is 0. The zero-order chi connectivity index (χ0) is 7.33. The molecule has 0 spiro atoms. The summed E-state index contributed by atoms with van der Waals surface area (Å²) in [5.41, 5.74) is -0.747. The van der Waals surface area contributed by atoms with E-state index in [2.05, 4.69) is 0 Å². The van der Waals surface area contributed by atoms with Gasteiger partial charge in [-0.15, -0.1) is 0 Å². The molecule has 0 aliphatic carbocycles. The molecule has 54 valence electrons. The molecule has 0 aromatic carbocycles. The van der Waals surface area contributed by atoms with Crippen molar-refractivity contribution in [1.82, 2.24) is 0 Å². The minimum Gasteiger partial charge on any atom is -0.392 e. The number of aliphatic hydroxyl groups excluding tert-OH is 1. The van der Waals surface area contributed by atoms with Crippen LogP contribution in [-0.4, -0.2) is 22.4 Å². The van der Waals surface area contributed by atoms with Crippen molar-refractivity contribution in [2.24, 2.45) is 0 Å². The third kappa shape index (κ3) is 4.18. The molecule has 0 aliphatic rings. The van der Waals surface area contributed by atoms with E-state index in [4.69, 9.17) is 5.11 Å². The largest absolute Gasteiger partial charge is 0.392 e. The van der Waals surface area contributed by atoms with E-state index < -0.39 is 5.60 Å². The fraction of sp³-hybridized carbons (Fsp3) is 0.714. The lowest BCUT2D eigenvalue weighted by Crippen LogP contribution is -2.18. The first-order chi connectivity index (χ1) is 4.12. The molecule has 2 heteroatoms. The quantitative estimate of drug-likeness (QED) is 0.552. The van der Waals surface area contributed by atoms with Crippen LogP contribution in [0.4, 0.5) is 0 Å². The summed E-state index contributed by atoms with van der Waals surface area (Å²) in [5, 5.41) is 17.6. The van der Waals surface area contributed by atoms with Gasteiger partial charge in [-0.1, -0.05) is 19.1 Å². The van der Waals surface area contributed by atoms with Gasteiger partial charge in [0.1, 0.15) is 0 Å². The highest BCUT2D eigenvalue weighted by molar-refractivity contribution is 4.96. The van der Waals surface area contributed by atoms with Crippen molar-refractivity contribution in [3.05, 3.63) is 12.2 Å². The molecule has 0 saturated carbocycles. The zero-order valence-corrected chi connectivity index (χ0v) is 5.96. The Morgan fingerprint density at radius 2 is 2.11 bits per heavy atom. The van der Waals surface area contributed by atoms with Crippen LogP contribution in [0, 0.1) is 0 Å². The highest BCUT2D eigenvalue weighted by Gasteiger charge is 2.10. The fourth-order valence-corrected chi connectivity index (χ4v) is 0.424. The number of hydrogen-bond acceptors (Lipinski definition) is 2. The maximum atomic E-state index is 9.26. The minimum atomic E-state index is -0.747. The zero-order valence-electron chi connectivity index (χ0n) is 5.96. The van der Waals surface area contributed by atoms with Gasteiger partial charge in [-0.3, -0.25) is 0 Å². The Morgan fingerprint density at radius 1 is 1.56 bits per heavy atom. The van der Waals surface area contributed by atoms with Gasteiger partial charge in [-0.05, 0) is 13.3 Å². The molecule has 0 radical (unpaired) electrons. The van der Waals surface area contributed by atoms with Gasteiger partial charge in [0, 0.05) is 0 Å². The van der Waals surface area contributed by atoms with Gasteiger partial charge in [0.2, 0.25) is 0 Å². The lowest BCUT2D eigenvalue weighted by molar-refractivity contribution is 0.107. The van der Waals surface area contributed by atoms with Crippen molar-refractivity contribution in [1.29, 1.82) is 0 Å². The smallest absolute Gasteiger partial charge is 0.0797 e. The van der Waals surface area contributed by atoms with Crippen molar-refractivity contribution in [2.45, 2.75) is 25.9 Å². The summed E-state index contributed by atoms with van der Waals surface area (Å²) in [7, 11) is 0. The first-order valence-electron chi connectivity index (χ1n) is 3.13. The molecule has 0 fully saturated rings. The van der Waals surface area contributed by atoms with Gasteiger partial charge in [-0.2, -0.15) is 0 Å².